The van der Waals surface area contributed by atoms with Gasteiger partial charge in [0.25, 0.3) is 5.91 Å². The summed E-state index contributed by atoms with van der Waals surface area (Å²) >= 11 is 0. The van der Waals surface area contributed by atoms with Crippen LogP contribution in [0.1, 0.15) is 16.1 Å². The Morgan fingerprint density at radius 2 is 1.55 bits per heavy atom. The minimum atomic E-state index is -3.92. The van der Waals surface area contributed by atoms with E-state index in [1.165, 1.54) is 31.4 Å². The minimum Gasteiger partial charge on any atom is -0.494 e. The third kappa shape index (κ3) is 5.63. The van der Waals surface area contributed by atoms with Crippen LogP contribution in [0.15, 0.2) is 108 Å². The Kier molecular flexibility index (Phi) is 7.45. The zero-order valence-corrected chi connectivity index (χ0v) is 22.2. The molecule has 0 aliphatic heterocycles. The number of carbonyl (C=O) groups excluding carboxylic acids is 1. The van der Waals surface area contributed by atoms with E-state index in [1.807, 2.05) is 36.4 Å². The lowest BCUT2D eigenvalue weighted by molar-refractivity contribution is 0.101. The molecule has 0 unspecified atom stereocenters. The molecular weight excluding hydrogens is 531 g/mol. The molecule has 5 aromatic rings. The molecule has 4 aromatic carbocycles. The first-order valence-corrected chi connectivity index (χ1v) is 13.8. The van der Waals surface area contributed by atoms with Crippen molar-refractivity contribution in [1.29, 1.82) is 0 Å². The van der Waals surface area contributed by atoms with Crippen molar-refractivity contribution in [2.45, 2.75) is 11.4 Å². The highest BCUT2D eigenvalue weighted by Crippen LogP contribution is 2.37. The van der Waals surface area contributed by atoms with Gasteiger partial charge in [-0.05, 0) is 47.5 Å². The van der Waals surface area contributed by atoms with Crippen molar-refractivity contribution < 1.29 is 22.3 Å². The van der Waals surface area contributed by atoms with E-state index < -0.39 is 21.7 Å². The van der Waals surface area contributed by atoms with Crippen LogP contribution in [0.2, 0.25) is 0 Å². The summed E-state index contributed by atoms with van der Waals surface area (Å²) in [5.41, 5.74) is 3.30. The summed E-state index contributed by atoms with van der Waals surface area (Å²) in [7, 11) is -2.55. The average Bonchev–Trinajstić information content (AvgIpc) is 3.33. The number of nitrogens with two attached hydrogens (primary N) is 1. The number of halogens is 1. The van der Waals surface area contributed by atoms with Gasteiger partial charge in [-0.1, -0.05) is 66.7 Å². The molecule has 0 spiro atoms. The Bertz CT molecular complexity index is 1770. The number of methoxy groups -OCH3 is 1. The van der Waals surface area contributed by atoms with E-state index >= 15 is 0 Å². The molecule has 1 aromatic heterocycles. The number of amides is 1. The molecule has 5 rings (SSSR count). The molecule has 0 saturated heterocycles. The zero-order valence-electron chi connectivity index (χ0n) is 21.4. The smallest absolute Gasteiger partial charge is 0.274 e. The molecule has 202 valence electrons. The van der Waals surface area contributed by atoms with Gasteiger partial charge in [-0.15, -0.1) is 0 Å². The predicted molar refractivity (Wildman–Crippen MR) is 151 cm³/mol. The van der Waals surface area contributed by atoms with Gasteiger partial charge >= 0.3 is 0 Å². The van der Waals surface area contributed by atoms with E-state index in [2.05, 4.69) is 5.32 Å². The Labute approximate surface area is 230 Å². The SMILES string of the molecule is COc1ccc(-c2c(-c3ccc(S(N)(=O)=O)cc3)nn(Cc3ccccc3)c2C(=O)Nc2ccccc2)cc1F. The molecule has 8 nitrogen and oxygen atoms in total. The molecule has 3 N–H and O–H groups in total. The summed E-state index contributed by atoms with van der Waals surface area (Å²) in [6, 6.07) is 28.7. The van der Waals surface area contributed by atoms with Crippen molar-refractivity contribution >= 4 is 21.6 Å². The average molecular weight is 557 g/mol. The summed E-state index contributed by atoms with van der Waals surface area (Å²) < 4.78 is 45.3. The number of anilines is 1. The number of primary sulfonamides is 1. The number of hydrogen-bond acceptors (Lipinski definition) is 5. The van der Waals surface area contributed by atoms with Crippen LogP contribution in [-0.2, 0) is 16.6 Å². The third-order valence-corrected chi connectivity index (χ3v) is 7.20. The summed E-state index contributed by atoms with van der Waals surface area (Å²) in [5.74, 6) is -1.01. The highest BCUT2D eigenvalue weighted by Gasteiger charge is 2.27. The van der Waals surface area contributed by atoms with Crippen molar-refractivity contribution in [3.63, 3.8) is 0 Å². The summed E-state index contributed by atoms with van der Waals surface area (Å²) in [6.45, 7) is 0.249. The summed E-state index contributed by atoms with van der Waals surface area (Å²) in [4.78, 5) is 13.8. The van der Waals surface area contributed by atoms with Gasteiger partial charge < -0.3 is 10.1 Å². The van der Waals surface area contributed by atoms with E-state index in [0.29, 0.717) is 28.1 Å². The summed E-state index contributed by atoms with van der Waals surface area (Å²) in [6.07, 6.45) is 0. The normalized spacial score (nSPS) is 11.3. The molecule has 0 radical (unpaired) electrons. The van der Waals surface area contributed by atoms with Gasteiger partial charge in [0, 0.05) is 16.8 Å². The number of benzene rings is 4. The molecule has 0 bridgehead atoms. The molecule has 1 amide bonds. The van der Waals surface area contributed by atoms with Crippen molar-refractivity contribution in [2.24, 2.45) is 5.14 Å². The lowest BCUT2D eigenvalue weighted by Gasteiger charge is -2.12. The quantitative estimate of drug-likeness (QED) is 0.269. The third-order valence-electron chi connectivity index (χ3n) is 6.27. The molecular formula is C30H25FN4O4S. The Hall–Kier alpha value is -4.80. The largest absolute Gasteiger partial charge is 0.494 e. The second-order valence-corrected chi connectivity index (χ2v) is 10.5. The number of hydrogen-bond donors (Lipinski definition) is 2. The van der Waals surface area contributed by atoms with Crippen molar-refractivity contribution in [1.82, 2.24) is 9.78 Å². The maximum atomic E-state index is 15.0. The van der Waals surface area contributed by atoms with Gasteiger partial charge in [0.1, 0.15) is 11.4 Å². The maximum absolute atomic E-state index is 15.0. The molecule has 1 heterocycles. The van der Waals surface area contributed by atoms with Crippen molar-refractivity contribution in [3.8, 4) is 28.1 Å². The van der Waals surface area contributed by atoms with E-state index in [0.717, 1.165) is 5.56 Å². The van der Waals surface area contributed by atoms with Crippen LogP contribution in [0.3, 0.4) is 0 Å². The predicted octanol–water partition coefficient (Wildman–Crippen LogP) is 5.31. The molecule has 0 aliphatic carbocycles. The van der Waals surface area contributed by atoms with E-state index in [1.54, 1.807) is 47.1 Å². The number of nitrogens with one attached hydrogen (secondary N) is 1. The Balaban J connectivity index is 1.75. The molecule has 0 fully saturated rings. The number of aromatic nitrogens is 2. The molecule has 0 atom stereocenters. The van der Waals surface area contributed by atoms with Gasteiger partial charge in [0.2, 0.25) is 10.0 Å². The van der Waals surface area contributed by atoms with Crippen LogP contribution in [0.5, 0.6) is 5.75 Å². The highest BCUT2D eigenvalue weighted by atomic mass is 32.2. The van der Waals surface area contributed by atoms with Crippen LogP contribution >= 0.6 is 0 Å². The molecule has 0 aliphatic rings. The van der Waals surface area contributed by atoms with Gasteiger partial charge in [-0.3, -0.25) is 9.48 Å². The van der Waals surface area contributed by atoms with Gasteiger partial charge in [0.05, 0.1) is 18.6 Å². The number of rotatable bonds is 8. The minimum absolute atomic E-state index is 0.0507. The Morgan fingerprint density at radius 3 is 2.15 bits per heavy atom. The maximum Gasteiger partial charge on any atom is 0.274 e. The van der Waals surface area contributed by atoms with Crippen molar-refractivity contribution in [2.75, 3.05) is 12.4 Å². The van der Waals surface area contributed by atoms with Crippen LogP contribution in [0.4, 0.5) is 10.1 Å². The molecule has 0 saturated carbocycles. The standard InChI is InChI=1S/C30H25FN4O4S/c1-39-26-17-14-22(18-25(26)31)27-28(21-12-15-24(16-13-21)40(32,37)38)34-35(19-20-8-4-2-5-9-20)29(27)30(36)33-23-10-6-3-7-11-23/h2-18H,19H2,1H3,(H,33,36)(H2,32,37,38). The fourth-order valence-electron chi connectivity index (χ4n) is 4.38. The fourth-order valence-corrected chi connectivity index (χ4v) is 4.89. The first-order chi connectivity index (χ1) is 19.2. The molecule has 10 heteroatoms. The second kappa shape index (κ2) is 11.1. The lowest BCUT2D eigenvalue weighted by Crippen LogP contribution is -2.19. The number of carbonyl (C=O) groups is 1. The van der Waals surface area contributed by atoms with E-state index in [-0.39, 0.29) is 22.9 Å². The van der Waals surface area contributed by atoms with Crippen molar-refractivity contribution in [3.05, 3.63) is 120 Å². The zero-order chi connectivity index (χ0) is 28.3. The number of para-hydroxylation sites is 1. The van der Waals surface area contributed by atoms with Crippen LogP contribution < -0.4 is 15.2 Å². The van der Waals surface area contributed by atoms with Gasteiger partial charge in [0.15, 0.2) is 11.6 Å². The first-order valence-electron chi connectivity index (χ1n) is 12.2. The van der Waals surface area contributed by atoms with Gasteiger partial charge in [-0.2, -0.15) is 5.10 Å². The fraction of sp³-hybridized carbons (Fsp3) is 0.0667. The van der Waals surface area contributed by atoms with Crippen LogP contribution in [0.25, 0.3) is 22.4 Å². The number of nitrogens with zero attached hydrogens (tertiary/aromatic N) is 2. The highest BCUT2D eigenvalue weighted by molar-refractivity contribution is 7.89. The van der Waals surface area contributed by atoms with Gasteiger partial charge in [-0.25, -0.2) is 17.9 Å². The first kappa shape index (κ1) is 26.8. The molecule has 40 heavy (non-hydrogen) atoms. The topological polar surface area (TPSA) is 116 Å². The Morgan fingerprint density at radius 1 is 0.925 bits per heavy atom. The monoisotopic (exact) mass is 556 g/mol. The second-order valence-electron chi connectivity index (χ2n) is 8.95. The summed E-state index contributed by atoms with van der Waals surface area (Å²) in [5, 5.41) is 13.0. The van der Waals surface area contributed by atoms with E-state index in [4.69, 9.17) is 15.0 Å². The van der Waals surface area contributed by atoms with E-state index in [9.17, 15) is 17.6 Å². The number of sulfonamides is 1. The van der Waals surface area contributed by atoms with Crippen LogP contribution in [-0.4, -0.2) is 31.2 Å². The van der Waals surface area contributed by atoms with Crippen LogP contribution in [0, 0.1) is 5.82 Å². The number of ether oxygens (including phenoxy) is 1. The lowest BCUT2D eigenvalue weighted by atomic mass is 9.98.